The van der Waals surface area contributed by atoms with E-state index in [2.05, 4.69) is 20.5 Å². The average Bonchev–Trinajstić information content (AvgIpc) is 3.31. The van der Waals surface area contributed by atoms with Gasteiger partial charge in [-0.05, 0) is 49.4 Å². The first kappa shape index (κ1) is 24.0. The number of aromatic nitrogens is 3. The van der Waals surface area contributed by atoms with Crippen molar-refractivity contribution in [3.8, 4) is 5.88 Å². The Labute approximate surface area is 205 Å². The lowest BCUT2D eigenvalue weighted by atomic mass is 9.87. The van der Waals surface area contributed by atoms with Gasteiger partial charge in [-0.15, -0.1) is 5.10 Å². The molecule has 0 saturated heterocycles. The number of carbonyl (C=O) groups excluding carboxylic acids is 2. The van der Waals surface area contributed by atoms with Crippen molar-refractivity contribution >= 4 is 46.7 Å². The van der Waals surface area contributed by atoms with Gasteiger partial charge in [0.2, 0.25) is 11.7 Å². The minimum atomic E-state index is -0.348. The summed E-state index contributed by atoms with van der Waals surface area (Å²) in [5, 5.41) is 11.4. The van der Waals surface area contributed by atoms with E-state index in [1.54, 1.807) is 36.5 Å². The number of Topliss-reactive ketones (excluding diaryl/α,β-unsaturated/α-hetero) is 1. The van der Waals surface area contributed by atoms with Crippen molar-refractivity contribution in [1.82, 2.24) is 15.2 Å². The lowest BCUT2D eigenvalue weighted by Crippen LogP contribution is -2.28. The molecule has 0 bridgehead atoms. The van der Waals surface area contributed by atoms with Crippen LogP contribution in [0.2, 0.25) is 10.0 Å². The monoisotopic (exact) mass is 504 g/mol. The van der Waals surface area contributed by atoms with E-state index in [9.17, 15) is 9.59 Å². The van der Waals surface area contributed by atoms with Crippen LogP contribution in [-0.2, 0) is 16.0 Å². The summed E-state index contributed by atoms with van der Waals surface area (Å²) in [4.78, 5) is 28.5. The number of nitrogens with zero attached hydrogens (tertiary/aromatic N) is 3. The number of esters is 1. The third-order valence-corrected chi connectivity index (χ3v) is 6.04. The van der Waals surface area contributed by atoms with Gasteiger partial charge < -0.3 is 19.2 Å². The van der Waals surface area contributed by atoms with Crippen molar-refractivity contribution in [3.63, 3.8) is 0 Å². The minimum Gasteiger partial charge on any atom is -0.474 e. The van der Waals surface area contributed by atoms with Crippen LogP contribution in [0.1, 0.15) is 41.9 Å². The van der Waals surface area contributed by atoms with E-state index in [1.165, 1.54) is 7.11 Å². The first-order valence-electron chi connectivity index (χ1n) is 10.7. The van der Waals surface area contributed by atoms with E-state index in [0.717, 1.165) is 25.7 Å². The molecule has 0 radical (unpaired) electrons. The second-order valence-electron chi connectivity index (χ2n) is 7.88. The zero-order chi connectivity index (χ0) is 24.1. The molecule has 0 amide bonds. The SMILES string of the molecule is COC(=O)C1CCC(Oc2ccc(CC(=O)c3nnc(Nc4ccc(Cl)cc4Cl)o3)cn2)CC1. The van der Waals surface area contributed by atoms with Gasteiger partial charge in [0.15, 0.2) is 0 Å². The molecule has 0 spiro atoms. The Morgan fingerprint density at radius 3 is 2.59 bits per heavy atom. The van der Waals surface area contributed by atoms with Crippen LogP contribution in [-0.4, -0.2) is 40.1 Å². The van der Waals surface area contributed by atoms with Gasteiger partial charge in [-0.1, -0.05) is 34.4 Å². The molecule has 1 N–H and O–H groups in total. The van der Waals surface area contributed by atoms with Crippen molar-refractivity contribution < 1.29 is 23.5 Å². The molecule has 1 saturated carbocycles. The highest BCUT2D eigenvalue weighted by molar-refractivity contribution is 6.36. The van der Waals surface area contributed by atoms with Crippen LogP contribution in [0.5, 0.6) is 5.88 Å². The zero-order valence-electron chi connectivity index (χ0n) is 18.3. The van der Waals surface area contributed by atoms with Gasteiger partial charge in [0, 0.05) is 23.7 Å². The maximum Gasteiger partial charge on any atom is 0.320 e. The molecule has 1 aliphatic rings. The molecule has 2 heterocycles. The number of hydrogen-bond donors (Lipinski definition) is 1. The first-order valence-corrected chi connectivity index (χ1v) is 11.4. The number of methoxy groups -OCH3 is 1. The Morgan fingerprint density at radius 2 is 1.91 bits per heavy atom. The van der Waals surface area contributed by atoms with Gasteiger partial charge in [0.25, 0.3) is 5.89 Å². The van der Waals surface area contributed by atoms with Gasteiger partial charge in [-0.3, -0.25) is 9.59 Å². The molecule has 1 fully saturated rings. The summed E-state index contributed by atoms with van der Waals surface area (Å²) in [6.07, 6.45) is 4.60. The maximum atomic E-state index is 12.5. The van der Waals surface area contributed by atoms with Crippen molar-refractivity contribution in [2.75, 3.05) is 12.4 Å². The summed E-state index contributed by atoms with van der Waals surface area (Å²) in [5.41, 5.74) is 1.20. The fourth-order valence-corrected chi connectivity index (χ4v) is 4.15. The third kappa shape index (κ3) is 6.03. The smallest absolute Gasteiger partial charge is 0.320 e. The first-order chi connectivity index (χ1) is 16.4. The molecule has 0 aliphatic heterocycles. The quantitative estimate of drug-likeness (QED) is 0.332. The zero-order valence-corrected chi connectivity index (χ0v) is 19.8. The second-order valence-corrected chi connectivity index (χ2v) is 8.72. The number of nitrogens with one attached hydrogen (secondary N) is 1. The van der Waals surface area contributed by atoms with Gasteiger partial charge in [0.05, 0.1) is 23.7 Å². The number of ketones is 1. The highest BCUT2D eigenvalue weighted by atomic mass is 35.5. The van der Waals surface area contributed by atoms with Crippen molar-refractivity contribution in [3.05, 3.63) is 58.0 Å². The fraction of sp³-hybridized carbons (Fsp3) is 0.348. The van der Waals surface area contributed by atoms with E-state index >= 15 is 0 Å². The molecule has 1 aromatic carbocycles. The fourth-order valence-electron chi connectivity index (χ4n) is 3.69. The lowest BCUT2D eigenvalue weighted by Gasteiger charge is -2.27. The summed E-state index contributed by atoms with van der Waals surface area (Å²) in [6.45, 7) is 0. The number of carbonyl (C=O) groups is 2. The molecular formula is C23H22Cl2N4O5. The summed E-state index contributed by atoms with van der Waals surface area (Å²) in [7, 11) is 1.41. The Morgan fingerprint density at radius 1 is 1.12 bits per heavy atom. The summed E-state index contributed by atoms with van der Waals surface area (Å²) in [5.74, 6) is -0.227. The molecule has 11 heteroatoms. The van der Waals surface area contributed by atoms with Crippen LogP contribution in [0.25, 0.3) is 0 Å². The Hall–Kier alpha value is -3.17. The molecule has 9 nitrogen and oxygen atoms in total. The number of halogens is 2. The number of rotatable bonds is 8. The molecule has 178 valence electrons. The largest absolute Gasteiger partial charge is 0.474 e. The second kappa shape index (κ2) is 10.8. The number of ether oxygens (including phenoxy) is 2. The van der Waals surface area contributed by atoms with Crippen LogP contribution in [0.15, 0.2) is 40.9 Å². The average molecular weight is 505 g/mol. The van der Waals surface area contributed by atoms with Crippen LogP contribution < -0.4 is 10.1 Å². The van der Waals surface area contributed by atoms with Crippen molar-refractivity contribution in [2.24, 2.45) is 5.92 Å². The molecule has 34 heavy (non-hydrogen) atoms. The maximum absolute atomic E-state index is 12.5. The summed E-state index contributed by atoms with van der Waals surface area (Å²) in [6, 6.07) is 8.42. The highest BCUT2D eigenvalue weighted by Crippen LogP contribution is 2.29. The number of anilines is 2. The number of pyridine rings is 1. The molecule has 2 aromatic heterocycles. The molecule has 3 aromatic rings. The third-order valence-electron chi connectivity index (χ3n) is 5.49. The standard InChI is InChI=1S/C23H22Cl2N4O5/c1-32-22(31)14-3-6-16(7-4-14)33-20-9-2-13(12-26-20)10-19(30)21-28-29-23(34-21)27-18-8-5-15(24)11-17(18)25/h2,5,8-9,11-12,14,16H,3-4,6-7,10H2,1H3,(H,27,29). The van der Waals surface area contributed by atoms with E-state index in [-0.39, 0.29) is 42.1 Å². The Kier molecular flexibility index (Phi) is 7.64. The molecular weight excluding hydrogens is 483 g/mol. The van der Waals surface area contributed by atoms with Crippen LogP contribution >= 0.6 is 23.2 Å². The molecule has 4 rings (SSSR count). The highest BCUT2D eigenvalue weighted by Gasteiger charge is 2.28. The number of benzene rings is 1. The Balaban J connectivity index is 1.29. The lowest BCUT2D eigenvalue weighted by molar-refractivity contribution is -0.147. The van der Waals surface area contributed by atoms with E-state index in [4.69, 9.17) is 37.1 Å². The predicted molar refractivity (Wildman–Crippen MR) is 125 cm³/mol. The van der Waals surface area contributed by atoms with Gasteiger partial charge >= 0.3 is 12.0 Å². The van der Waals surface area contributed by atoms with E-state index < -0.39 is 0 Å². The van der Waals surface area contributed by atoms with Gasteiger partial charge in [0.1, 0.15) is 6.10 Å². The van der Waals surface area contributed by atoms with Gasteiger partial charge in [-0.2, -0.15) is 0 Å². The van der Waals surface area contributed by atoms with Crippen LogP contribution in [0, 0.1) is 5.92 Å². The van der Waals surface area contributed by atoms with Crippen LogP contribution in [0.4, 0.5) is 11.7 Å². The van der Waals surface area contributed by atoms with Crippen molar-refractivity contribution in [1.29, 1.82) is 0 Å². The summed E-state index contributed by atoms with van der Waals surface area (Å²) < 4.78 is 16.1. The van der Waals surface area contributed by atoms with E-state index in [1.807, 2.05) is 0 Å². The van der Waals surface area contributed by atoms with E-state index in [0.29, 0.717) is 27.2 Å². The number of hydrogen-bond acceptors (Lipinski definition) is 9. The Bertz CT molecular complexity index is 1160. The van der Waals surface area contributed by atoms with Crippen LogP contribution in [0.3, 0.4) is 0 Å². The van der Waals surface area contributed by atoms with Gasteiger partial charge in [-0.25, -0.2) is 4.98 Å². The molecule has 0 unspecified atom stereocenters. The molecule has 1 aliphatic carbocycles. The normalized spacial score (nSPS) is 17.7. The van der Waals surface area contributed by atoms with Crippen molar-refractivity contribution in [2.45, 2.75) is 38.2 Å². The minimum absolute atomic E-state index is 0.000606. The molecule has 0 atom stereocenters. The topological polar surface area (TPSA) is 116 Å². The predicted octanol–water partition coefficient (Wildman–Crippen LogP) is 5.05. The summed E-state index contributed by atoms with van der Waals surface area (Å²) >= 11 is 12.0.